The van der Waals surface area contributed by atoms with Crippen LogP contribution in [0.4, 0.5) is 0 Å². The normalized spacial score (nSPS) is 10.4. The molecule has 19 heavy (non-hydrogen) atoms. The van der Waals surface area contributed by atoms with E-state index in [0.29, 0.717) is 19.6 Å². The topological polar surface area (TPSA) is 106 Å². The lowest BCUT2D eigenvalue weighted by Crippen LogP contribution is -2.23. The number of aromatic hydroxyl groups is 1. The zero-order chi connectivity index (χ0) is 13.7. The molecule has 0 aliphatic carbocycles. The molecule has 2 aromatic rings. The maximum absolute atomic E-state index is 11.8. The van der Waals surface area contributed by atoms with Gasteiger partial charge in [-0.1, -0.05) is 17.3 Å². The van der Waals surface area contributed by atoms with Crippen molar-refractivity contribution in [3.05, 3.63) is 41.7 Å². The Balaban J connectivity index is 1.91. The highest BCUT2D eigenvalue weighted by Crippen LogP contribution is 2.09. The number of carbonyl (C=O) groups excluding carboxylic acids is 1. The molecule has 1 aromatic heterocycles. The summed E-state index contributed by atoms with van der Waals surface area (Å²) in [5.41, 5.74) is 6.53. The number of phenols is 1. The molecule has 0 aliphatic rings. The van der Waals surface area contributed by atoms with Gasteiger partial charge in [0, 0.05) is 13.1 Å². The zero-order valence-electron chi connectivity index (χ0n) is 10.3. The van der Waals surface area contributed by atoms with Gasteiger partial charge in [0.15, 0.2) is 5.69 Å². The molecule has 0 radical (unpaired) electrons. The number of nitrogens with two attached hydrogens (primary N) is 1. The quantitative estimate of drug-likeness (QED) is 0.695. The fourth-order valence-corrected chi connectivity index (χ4v) is 1.53. The fourth-order valence-electron chi connectivity index (χ4n) is 1.53. The molecule has 1 aromatic carbocycles. The first-order chi connectivity index (χ1) is 9.19. The molecule has 0 bridgehead atoms. The number of hydrogen-bond acceptors (Lipinski definition) is 5. The summed E-state index contributed by atoms with van der Waals surface area (Å²) in [6, 6.07) is 6.61. The first kappa shape index (κ1) is 13.0. The van der Waals surface area contributed by atoms with E-state index in [-0.39, 0.29) is 17.4 Å². The summed E-state index contributed by atoms with van der Waals surface area (Å²) >= 11 is 0. The van der Waals surface area contributed by atoms with E-state index in [1.165, 1.54) is 4.68 Å². The predicted octanol–water partition coefficient (Wildman–Crippen LogP) is -0.128. The highest BCUT2D eigenvalue weighted by Gasteiger charge is 2.09. The van der Waals surface area contributed by atoms with Crippen molar-refractivity contribution in [1.29, 1.82) is 0 Å². The molecule has 7 nitrogen and oxygen atoms in total. The van der Waals surface area contributed by atoms with Crippen LogP contribution >= 0.6 is 0 Å². The lowest BCUT2D eigenvalue weighted by Gasteiger charge is -2.03. The Hall–Kier alpha value is -2.41. The molecule has 0 unspecified atom stereocenters. The molecule has 2 rings (SSSR count). The van der Waals surface area contributed by atoms with Gasteiger partial charge in [0.25, 0.3) is 5.91 Å². The van der Waals surface area contributed by atoms with E-state index in [1.54, 1.807) is 30.5 Å². The Kier molecular flexibility index (Phi) is 4.09. The average molecular weight is 261 g/mol. The summed E-state index contributed by atoms with van der Waals surface area (Å²) in [4.78, 5) is 11.8. The molecular weight excluding hydrogens is 246 g/mol. The lowest BCUT2D eigenvalue weighted by atomic mass is 10.2. The second-order valence-electron chi connectivity index (χ2n) is 4.00. The van der Waals surface area contributed by atoms with Crippen molar-refractivity contribution in [3.63, 3.8) is 0 Å². The van der Waals surface area contributed by atoms with Crippen molar-refractivity contribution >= 4 is 5.91 Å². The van der Waals surface area contributed by atoms with Gasteiger partial charge in [0.1, 0.15) is 5.75 Å². The molecule has 4 N–H and O–H groups in total. The van der Waals surface area contributed by atoms with E-state index in [1.807, 2.05) is 0 Å². The highest BCUT2D eigenvalue weighted by molar-refractivity contribution is 5.91. The molecule has 1 amide bonds. The Labute approximate surface area is 110 Å². The van der Waals surface area contributed by atoms with Gasteiger partial charge in [0.2, 0.25) is 0 Å². The largest absolute Gasteiger partial charge is 0.508 e. The molecule has 100 valence electrons. The van der Waals surface area contributed by atoms with E-state index >= 15 is 0 Å². The van der Waals surface area contributed by atoms with E-state index < -0.39 is 0 Å². The van der Waals surface area contributed by atoms with Gasteiger partial charge in [-0.2, -0.15) is 0 Å². The molecule has 1 heterocycles. The number of nitrogens with zero attached hydrogens (tertiary/aromatic N) is 3. The van der Waals surface area contributed by atoms with Crippen molar-refractivity contribution < 1.29 is 9.90 Å². The number of hydrogen-bond donors (Lipinski definition) is 3. The fraction of sp³-hybridized carbons (Fsp3) is 0.250. The third kappa shape index (κ3) is 3.52. The molecule has 7 heteroatoms. The second kappa shape index (κ2) is 5.96. The summed E-state index contributed by atoms with van der Waals surface area (Å²) in [5, 5.41) is 19.4. The molecule has 0 saturated carbocycles. The third-order valence-electron chi connectivity index (χ3n) is 2.52. The van der Waals surface area contributed by atoms with Gasteiger partial charge in [-0.3, -0.25) is 9.48 Å². The summed E-state index contributed by atoms with van der Waals surface area (Å²) < 4.78 is 1.52. The first-order valence-corrected chi connectivity index (χ1v) is 5.85. The standard InChI is InChI=1S/C12H15N5O2/c13-5-6-17-8-11(15-16-17)12(19)14-7-9-1-3-10(18)4-2-9/h1-4,8,18H,5-7,13H2,(H,14,19). The van der Waals surface area contributed by atoms with Crippen LogP contribution in [0.3, 0.4) is 0 Å². The van der Waals surface area contributed by atoms with Crippen LogP contribution < -0.4 is 11.1 Å². The number of amides is 1. The van der Waals surface area contributed by atoms with Crippen LogP contribution in [0.15, 0.2) is 30.5 Å². The Morgan fingerprint density at radius 1 is 1.37 bits per heavy atom. The molecule has 0 saturated heterocycles. The summed E-state index contributed by atoms with van der Waals surface area (Å²) in [5.74, 6) is -0.101. The van der Waals surface area contributed by atoms with Crippen LogP contribution in [-0.4, -0.2) is 32.6 Å². The number of nitrogens with one attached hydrogen (secondary N) is 1. The molecular formula is C12H15N5O2. The average Bonchev–Trinajstić information content (AvgIpc) is 2.87. The van der Waals surface area contributed by atoms with Gasteiger partial charge in [-0.15, -0.1) is 5.10 Å². The lowest BCUT2D eigenvalue weighted by molar-refractivity contribution is 0.0946. The third-order valence-corrected chi connectivity index (χ3v) is 2.52. The van der Waals surface area contributed by atoms with E-state index in [9.17, 15) is 4.79 Å². The van der Waals surface area contributed by atoms with Gasteiger partial charge < -0.3 is 16.2 Å². The number of benzene rings is 1. The molecule has 0 spiro atoms. The van der Waals surface area contributed by atoms with Gasteiger partial charge in [0.05, 0.1) is 12.7 Å². The smallest absolute Gasteiger partial charge is 0.273 e. The van der Waals surface area contributed by atoms with Gasteiger partial charge >= 0.3 is 0 Å². The number of rotatable bonds is 5. The minimum atomic E-state index is -0.295. The summed E-state index contributed by atoms with van der Waals surface area (Å²) in [6.07, 6.45) is 1.55. The van der Waals surface area contributed by atoms with Crippen LogP contribution in [-0.2, 0) is 13.1 Å². The van der Waals surface area contributed by atoms with Gasteiger partial charge in [-0.05, 0) is 17.7 Å². The highest BCUT2D eigenvalue weighted by atomic mass is 16.3. The van der Waals surface area contributed by atoms with E-state index in [2.05, 4.69) is 15.6 Å². The Morgan fingerprint density at radius 2 is 2.11 bits per heavy atom. The Morgan fingerprint density at radius 3 is 2.79 bits per heavy atom. The number of phenolic OH excluding ortho intramolecular Hbond substituents is 1. The van der Waals surface area contributed by atoms with E-state index in [4.69, 9.17) is 10.8 Å². The SMILES string of the molecule is NCCn1cc(C(=O)NCc2ccc(O)cc2)nn1. The monoisotopic (exact) mass is 261 g/mol. The summed E-state index contributed by atoms with van der Waals surface area (Å²) in [6.45, 7) is 1.33. The van der Waals surface area contributed by atoms with Crippen LogP contribution in [0.2, 0.25) is 0 Å². The maximum atomic E-state index is 11.8. The van der Waals surface area contributed by atoms with Crippen molar-refractivity contribution in [2.45, 2.75) is 13.1 Å². The molecule has 0 atom stereocenters. The Bertz CT molecular complexity index is 550. The number of carbonyl (C=O) groups is 1. The summed E-state index contributed by atoms with van der Waals surface area (Å²) in [7, 11) is 0. The van der Waals surface area contributed by atoms with Gasteiger partial charge in [-0.25, -0.2) is 0 Å². The minimum Gasteiger partial charge on any atom is -0.508 e. The minimum absolute atomic E-state index is 0.194. The van der Waals surface area contributed by atoms with Crippen LogP contribution in [0, 0.1) is 0 Å². The predicted molar refractivity (Wildman–Crippen MR) is 68.4 cm³/mol. The van der Waals surface area contributed by atoms with Crippen molar-refractivity contribution in [2.24, 2.45) is 5.73 Å². The van der Waals surface area contributed by atoms with Crippen molar-refractivity contribution in [2.75, 3.05) is 6.54 Å². The molecule has 0 aliphatic heterocycles. The maximum Gasteiger partial charge on any atom is 0.273 e. The van der Waals surface area contributed by atoms with Crippen LogP contribution in [0.1, 0.15) is 16.1 Å². The molecule has 0 fully saturated rings. The first-order valence-electron chi connectivity index (χ1n) is 5.85. The van der Waals surface area contributed by atoms with Crippen molar-refractivity contribution in [3.8, 4) is 5.75 Å². The zero-order valence-corrected chi connectivity index (χ0v) is 10.3. The van der Waals surface area contributed by atoms with Crippen molar-refractivity contribution in [1.82, 2.24) is 20.3 Å². The van der Waals surface area contributed by atoms with Crippen LogP contribution in [0.5, 0.6) is 5.75 Å². The second-order valence-corrected chi connectivity index (χ2v) is 4.00. The van der Waals surface area contributed by atoms with E-state index in [0.717, 1.165) is 5.56 Å². The number of aromatic nitrogens is 3. The van der Waals surface area contributed by atoms with Crippen LogP contribution in [0.25, 0.3) is 0 Å².